The van der Waals surface area contributed by atoms with Gasteiger partial charge >= 0.3 is 0 Å². The molecule has 1 N–H and O–H groups in total. The summed E-state index contributed by atoms with van der Waals surface area (Å²) in [5, 5.41) is 4.49. The van der Waals surface area contributed by atoms with Crippen molar-refractivity contribution in [2.24, 2.45) is 5.10 Å². The number of halogens is 1. The lowest BCUT2D eigenvalue weighted by molar-refractivity contribution is 0.838. The smallest absolute Gasteiger partial charge is 0.250 e. The van der Waals surface area contributed by atoms with Gasteiger partial charge in [-0.15, -0.1) is 0 Å². The largest absolute Gasteiger partial charge is 0.341 e. The maximum Gasteiger partial charge on any atom is 0.250 e. The lowest BCUT2D eigenvalue weighted by atomic mass is 10.1. The number of nitrogens with zero attached hydrogens (tertiary/aromatic N) is 6. The molecule has 1 aromatic heterocycles. The van der Waals surface area contributed by atoms with Gasteiger partial charge in [0.1, 0.15) is 0 Å². The molecule has 8 heteroatoms. The quantitative estimate of drug-likeness (QED) is 0.577. The first-order valence-corrected chi connectivity index (χ1v) is 10.3. The van der Waals surface area contributed by atoms with E-state index in [4.69, 9.17) is 4.98 Å². The summed E-state index contributed by atoms with van der Waals surface area (Å²) in [6, 6.07) is 8.08. The number of rotatable bonds is 5. The van der Waals surface area contributed by atoms with Crippen LogP contribution < -0.4 is 15.2 Å². The predicted octanol–water partition coefficient (Wildman–Crippen LogP) is 3.67. The lowest BCUT2D eigenvalue weighted by Crippen LogP contribution is -2.25. The van der Waals surface area contributed by atoms with Crippen LogP contribution >= 0.6 is 15.9 Å². The maximum atomic E-state index is 4.73. The molecule has 0 saturated carbocycles. The molecule has 2 aliphatic heterocycles. The standard InChI is InChI=1S/C19H24BrN7/c1-14(15-6-8-16(20)9-7-15)24-25-17-21-18(26-10-2-3-11-26)23-19(22-17)27-12-4-5-13-27/h6-9H,2-5,10-13H2,1H3,(H,21,22,23,25). The summed E-state index contributed by atoms with van der Waals surface area (Å²) in [7, 11) is 0. The summed E-state index contributed by atoms with van der Waals surface area (Å²) in [6.45, 7) is 5.99. The second-order valence-corrected chi connectivity index (χ2v) is 7.88. The van der Waals surface area contributed by atoms with Crippen molar-refractivity contribution >= 4 is 39.5 Å². The molecule has 2 saturated heterocycles. The SMILES string of the molecule is CC(=NNc1nc(N2CCCC2)nc(N2CCCC2)n1)c1ccc(Br)cc1. The molecule has 0 bridgehead atoms. The highest BCUT2D eigenvalue weighted by Gasteiger charge is 2.21. The zero-order valence-electron chi connectivity index (χ0n) is 15.5. The summed E-state index contributed by atoms with van der Waals surface area (Å²) in [5.41, 5.74) is 4.98. The first kappa shape index (κ1) is 18.2. The van der Waals surface area contributed by atoms with Gasteiger partial charge in [-0.1, -0.05) is 28.1 Å². The van der Waals surface area contributed by atoms with Crippen LogP contribution in [0.15, 0.2) is 33.8 Å². The molecule has 0 radical (unpaired) electrons. The maximum absolute atomic E-state index is 4.73. The molecular weight excluding hydrogens is 406 g/mol. The molecule has 4 rings (SSSR count). The third-order valence-corrected chi connectivity index (χ3v) is 5.50. The zero-order valence-corrected chi connectivity index (χ0v) is 17.1. The minimum absolute atomic E-state index is 0.505. The van der Waals surface area contributed by atoms with Crippen molar-refractivity contribution in [3.63, 3.8) is 0 Å². The van der Waals surface area contributed by atoms with E-state index < -0.39 is 0 Å². The Balaban J connectivity index is 1.58. The van der Waals surface area contributed by atoms with Crippen LogP contribution in [-0.4, -0.2) is 46.8 Å². The lowest BCUT2D eigenvalue weighted by Gasteiger charge is -2.20. The molecule has 27 heavy (non-hydrogen) atoms. The average Bonchev–Trinajstić information content (AvgIpc) is 3.40. The highest BCUT2D eigenvalue weighted by atomic mass is 79.9. The van der Waals surface area contributed by atoms with Crippen molar-refractivity contribution in [2.45, 2.75) is 32.6 Å². The molecule has 142 valence electrons. The number of hydrazone groups is 1. The first-order chi connectivity index (χ1) is 13.2. The number of hydrogen-bond acceptors (Lipinski definition) is 7. The zero-order chi connectivity index (χ0) is 18.6. The van der Waals surface area contributed by atoms with E-state index in [0.717, 1.165) is 53.8 Å². The summed E-state index contributed by atoms with van der Waals surface area (Å²) >= 11 is 3.46. The molecule has 2 fully saturated rings. The van der Waals surface area contributed by atoms with Crippen LogP contribution in [0.1, 0.15) is 38.2 Å². The highest BCUT2D eigenvalue weighted by molar-refractivity contribution is 9.10. The Labute approximate surface area is 168 Å². The van der Waals surface area contributed by atoms with Gasteiger partial charge in [0.05, 0.1) is 5.71 Å². The van der Waals surface area contributed by atoms with E-state index in [-0.39, 0.29) is 0 Å². The Hall–Kier alpha value is -2.22. The van der Waals surface area contributed by atoms with Crippen molar-refractivity contribution < 1.29 is 0 Å². The molecule has 0 aliphatic carbocycles. The average molecular weight is 430 g/mol. The first-order valence-electron chi connectivity index (χ1n) is 9.51. The summed E-state index contributed by atoms with van der Waals surface area (Å²) in [6.07, 6.45) is 4.76. The van der Waals surface area contributed by atoms with Gasteiger partial charge in [-0.05, 0) is 50.3 Å². The van der Waals surface area contributed by atoms with Gasteiger partial charge < -0.3 is 9.80 Å². The number of hydrogen-bond donors (Lipinski definition) is 1. The van der Waals surface area contributed by atoms with Crippen LogP contribution in [0, 0.1) is 0 Å². The van der Waals surface area contributed by atoms with Crippen molar-refractivity contribution in [1.29, 1.82) is 0 Å². The van der Waals surface area contributed by atoms with Crippen LogP contribution in [0.3, 0.4) is 0 Å². The minimum Gasteiger partial charge on any atom is -0.341 e. The third-order valence-electron chi connectivity index (χ3n) is 4.98. The van der Waals surface area contributed by atoms with Gasteiger partial charge in [0.25, 0.3) is 0 Å². The van der Waals surface area contributed by atoms with Gasteiger partial charge in [-0.3, -0.25) is 0 Å². The summed E-state index contributed by atoms with van der Waals surface area (Å²) < 4.78 is 1.05. The fourth-order valence-corrected chi connectivity index (χ4v) is 3.67. The molecule has 0 amide bonds. The second-order valence-electron chi connectivity index (χ2n) is 6.96. The van der Waals surface area contributed by atoms with Gasteiger partial charge in [0.2, 0.25) is 17.8 Å². The van der Waals surface area contributed by atoms with Crippen molar-refractivity contribution in [3.8, 4) is 0 Å². The summed E-state index contributed by atoms with van der Waals surface area (Å²) in [5.74, 6) is 2.01. The Morgan fingerprint density at radius 3 is 1.93 bits per heavy atom. The molecular formula is C19H24BrN7. The molecule has 2 aliphatic rings. The van der Waals surface area contributed by atoms with E-state index in [2.05, 4.69) is 46.2 Å². The van der Waals surface area contributed by atoms with Crippen molar-refractivity contribution in [3.05, 3.63) is 34.3 Å². The number of anilines is 3. The number of benzene rings is 1. The molecule has 7 nitrogen and oxygen atoms in total. The molecule has 1 aromatic carbocycles. The Morgan fingerprint density at radius 1 is 0.889 bits per heavy atom. The second kappa shape index (κ2) is 8.21. The number of nitrogens with one attached hydrogen (secondary N) is 1. The Morgan fingerprint density at radius 2 is 1.41 bits per heavy atom. The van der Waals surface area contributed by atoms with Gasteiger partial charge in [0, 0.05) is 30.7 Å². The number of aromatic nitrogens is 3. The van der Waals surface area contributed by atoms with Crippen LogP contribution in [0.5, 0.6) is 0 Å². The third kappa shape index (κ3) is 4.37. The van der Waals surface area contributed by atoms with Crippen molar-refractivity contribution in [2.75, 3.05) is 41.4 Å². The van der Waals surface area contributed by atoms with E-state index >= 15 is 0 Å². The van der Waals surface area contributed by atoms with E-state index in [9.17, 15) is 0 Å². The van der Waals surface area contributed by atoms with Gasteiger partial charge in [-0.25, -0.2) is 5.43 Å². The normalized spacial score (nSPS) is 17.6. The molecule has 0 unspecified atom stereocenters. The predicted molar refractivity (Wildman–Crippen MR) is 113 cm³/mol. The fraction of sp³-hybridized carbons (Fsp3) is 0.474. The molecule has 0 spiro atoms. The monoisotopic (exact) mass is 429 g/mol. The summed E-state index contributed by atoms with van der Waals surface area (Å²) in [4.78, 5) is 18.4. The topological polar surface area (TPSA) is 69.5 Å². The van der Waals surface area contributed by atoms with Crippen LogP contribution in [0.25, 0.3) is 0 Å². The van der Waals surface area contributed by atoms with E-state index in [1.165, 1.54) is 25.7 Å². The van der Waals surface area contributed by atoms with Gasteiger partial charge in [-0.2, -0.15) is 20.1 Å². The minimum atomic E-state index is 0.505. The van der Waals surface area contributed by atoms with Gasteiger partial charge in [0.15, 0.2) is 0 Å². The fourth-order valence-electron chi connectivity index (χ4n) is 3.41. The molecule has 0 atom stereocenters. The molecule has 3 heterocycles. The van der Waals surface area contributed by atoms with E-state index in [1.54, 1.807) is 0 Å². The van der Waals surface area contributed by atoms with Crippen LogP contribution in [0.2, 0.25) is 0 Å². The van der Waals surface area contributed by atoms with E-state index in [1.807, 2.05) is 31.2 Å². The highest BCUT2D eigenvalue weighted by Crippen LogP contribution is 2.22. The van der Waals surface area contributed by atoms with Crippen LogP contribution in [-0.2, 0) is 0 Å². The van der Waals surface area contributed by atoms with E-state index in [0.29, 0.717) is 5.95 Å². The van der Waals surface area contributed by atoms with Crippen molar-refractivity contribution in [1.82, 2.24) is 15.0 Å². The Bertz CT molecular complexity index is 775. The van der Waals surface area contributed by atoms with Crippen LogP contribution in [0.4, 0.5) is 17.8 Å². The molecule has 2 aromatic rings. The Kier molecular flexibility index (Phi) is 5.52.